The number of para-hydroxylation sites is 1. The Morgan fingerprint density at radius 1 is 0.867 bits per heavy atom. The number of anilines is 1. The second kappa shape index (κ2) is 11.9. The molecule has 7 rings (SSSR count). The smallest absolute Gasteiger partial charge is 0.264 e. The Balaban J connectivity index is 1.19. The molecule has 1 saturated carbocycles. The number of hydrogen-bond donors (Lipinski definition) is 0. The molecule has 1 saturated heterocycles. The van der Waals surface area contributed by atoms with Crippen LogP contribution in [0.25, 0.3) is 6.08 Å². The van der Waals surface area contributed by atoms with Crippen LogP contribution in [0.5, 0.6) is 0 Å². The van der Waals surface area contributed by atoms with E-state index < -0.39 is 35.8 Å². The first-order valence-electron chi connectivity index (χ1n) is 14.3. The molecular formula is C32H24Cl4N6O3. The van der Waals surface area contributed by atoms with Crippen molar-refractivity contribution in [3.05, 3.63) is 104 Å². The van der Waals surface area contributed by atoms with Crippen molar-refractivity contribution >= 4 is 81.6 Å². The summed E-state index contributed by atoms with van der Waals surface area (Å²) in [6, 6.07) is 17.0. The SMILES string of the molecule is O=C1C2N=NN(CC(=O)N3N=C4/C(=C/c5ccc(Cl)cc5)CCCC4C3c3ccc(Cl)cc3)C2C(=O)N1c1c(Cl)cccc1Cl. The molecule has 3 heterocycles. The summed E-state index contributed by atoms with van der Waals surface area (Å²) >= 11 is 25.0. The normalized spacial score (nSPS) is 24.8. The Hall–Kier alpha value is -3.76. The second-order valence-corrected chi connectivity index (χ2v) is 12.9. The van der Waals surface area contributed by atoms with Gasteiger partial charge in [0.1, 0.15) is 6.54 Å². The Labute approximate surface area is 278 Å². The fourth-order valence-electron chi connectivity index (χ4n) is 6.45. The van der Waals surface area contributed by atoms with Crippen LogP contribution >= 0.6 is 46.4 Å². The van der Waals surface area contributed by atoms with Gasteiger partial charge in [-0.1, -0.05) is 82.0 Å². The summed E-state index contributed by atoms with van der Waals surface area (Å²) in [5, 5.41) is 17.3. The number of carbonyl (C=O) groups is 3. The molecule has 0 spiro atoms. The van der Waals surface area contributed by atoms with Crippen molar-refractivity contribution in [2.45, 2.75) is 37.4 Å². The van der Waals surface area contributed by atoms with Gasteiger partial charge in [0.15, 0.2) is 12.1 Å². The summed E-state index contributed by atoms with van der Waals surface area (Å²) in [4.78, 5) is 41.9. The quantitative estimate of drug-likeness (QED) is 0.262. The standard InChI is InChI=1S/C32H24Cl4N6O3/c33-20-11-7-17(8-12-20)15-19-3-1-4-22-26(19)38-42(28(22)18-9-13-21(34)14-10-18)25(43)16-40-30-27(37-39-40)31(44)41(32(30)45)29-23(35)5-2-6-24(29)36/h2,5-15,22,27-28,30H,1,3-4,16H2/b19-15+. The highest BCUT2D eigenvalue weighted by molar-refractivity contribution is 6.42. The molecule has 3 aromatic rings. The highest BCUT2D eigenvalue weighted by Crippen LogP contribution is 2.45. The van der Waals surface area contributed by atoms with Crippen LogP contribution in [0.15, 0.2) is 87.7 Å². The van der Waals surface area contributed by atoms with Crippen molar-refractivity contribution in [3.63, 3.8) is 0 Å². The average molecular weight is 682 g/mol. The lowest BCUT2D eigenvalue weighted by Crippen LogP contribution is -2.45. The van der Waals surface area contributed by atoms with E-state index in [0.29, 0.717) is 10.0 Å². The van der Waals surface area contributed by atoms with Gasteiger partial charge >= 0.3 is 0 Å². The summed E-state index contributed by atoms with van der Waals surface area (Å²) in [5.74, 6) is -1.66. The fraction of sp³-hybridized carbons (Fsp3) is 0.250. The maximum Gasteiger partial charge on any atom is 0.264 e. The zero-order valence-electron chi connectivity index (χ0n) is 23.5. The summed E-state index contributed by atoms with van der Waals surface area (Å²) in [7, 11) is 0. The monoisotopic (exact) mass is 680 g/mol. The summed E-state index contributed by atoms with van der Waals surface area (Å²) in [6.45, 7) is -0.322. The van der Waals surface area contributed by atoms with Crippen LogP contribution in [0.4, 0.5) is 5.69 Å². The molecule has 4 unspecified atom stereocenters. The molecule has 13 heteroatoms. The Morgan fingerprint density at radius 3 is 2.22 bits per heavy atom. The van der Waals surface area contributed by atoms with E-state index in [9.17, 15) is 14.4 Å². The minimum Gasteiger partial charge on any atom is -0.271 e. The molecule has 9 nitrogen and oxygen atoms in total. The van der Waals surface area contributed by atoms with Crippen molar-refractivity contribution in [1.82, 2.24) is 10.0 Å². The lowest BCUT2D eigenvalue weighted by atomic mass is 9.77. The fourth-order valence-corrected chi connectivity index (χ4v) is 7.27. The predicted molar refractivity (Wildman–Crippen MR) is 173 cm³/mol. The van der Waals surface area contributed by atoms with Crippen molar-refractivity contribution in [3.8, 4) is 0 Å². The minimum absolute atomic E-state index is 0.0528. The third-order valence-electron chi connectivity index (χ3n) is 8.50. The molecule has 0 radical (unpaired) electrons. The van der Waals surface area contributed by atoms with Gasteiger partial charge in [-0.05, 0) is 78.4 Å². The number of halogens is 4. The number of fused-ring (bicyclic) bond motifs is 2. The number of benzene rings is 3. The second-order valence-electron chi connectivity index (χ2n) is 11.2. The van der Waals surface area contributed by atoms with E-state index in [4.69, 9.17) is 51.5 Å². The molecule has 0 N–H and O–H groups in total. The number of carbonyl (C=O) groups excluding carboxylic acids is 3. The molecule has 3 amide bonds. The third-order valence-corrected chi connectivity index (χ3v) is 9.61. The van der Waals surface area contributed by atoms with Crippen LogP contribution in [0.1, 0.15) is 36.4 Å². The first-order chi connectivity index (χ1) is 21.7. The lowest BCUT2D eigenvalue weighted by Gasteiger charge is -2.30. The molecule has 3 aromatic carbocycles. The van der Waals surface area contributed by atoms with Gasteiger partial charge in [0.05, 0.1) is 27.5 Å². The zero-order valence-corrected chi connectivity index (χ0v) is 26.5. The van der Waals surface area contributed by atoms with E-state index in [1.54, 1.807) is 30.3 Å². The molecule has 0 bridgehead atoms. The summed E-state index contributed by atoms with van der Waals surface area (Å²) in [6.07, 6.45) is 4.66. The van der Waals surface area contributed by atoms with E-state index in [2.05, 4.69) is 16.4 Å². The number of amides is 3. The van der Waals surface area contributed by atoms with Crippen LogP contribution in [0, 0.1) is 5.92 Å². The van der Waals surface area contributed by atoms with E-state index in [0.717, 1.165) is 46.6 Å². The minimum atomic E-state index is -1.12. The predicted octanol–water partition coefficient (Wildman–Crippen LogP) is 7.42. The molecule has 4 atom stereocenters. The van der Waals surface area contributed by atoms with Crippen molar-refractivity contribution in [2.75, 3.05) is 11.4 Å². The average Bonchev–Trinajstić information content (AvgIpc) is 3.69. The number of allylic oxidation sites excluding steroid dienone is 1. The molecule has 4 aliphatic rings. The van der Waals surface area contributed by atoms with Gasteiger partial charge in [-0.25, -0.2) is 9.91 Å². The van der Waals surface area contributed by atoms with Crippen LogP contribution in [0.3, 0.4) is 0 Å². The van der Waals surface area contributed by atoms with Gasteiger partial charge < -0.3 is 0 Å². The van der Waals surface area contributed by atoms with Gasteiger partial charge in [-0.2, -0.15) is 10.2 Å². The molecule has 2 fully saturated rings. The van der Waals surface area contributed by atoms with Crippen molar-refractivity contribution in [1.29, 1.82) is 0 Å². The first-order valence-corrected chi connectivity index (χ1v) is 15.8. The summed E-state index contributed by atoms with van der Waals surface area (Å²) in [5.41, 5.74) is 3.85. The van der Waals surface area contributed by atoms with Crippen LogP contribution in [-0.4, -0.2) is 52.1 Å². The van der Waals surface area contributed by atoms with E-state index in [1.807, 2.05) is 36.4 Å². The highest BCUT2D eigenvalue weighted by atomic mass is 35.5. The van der Waals surface area contributed by atoms with Crippen LogP contribution in [-0.2, 0) is 14.4 Å². The Morgan fingerprint density at radius 2 is 1.53 bits per heavy atom. The molecule has 0 aromatic heterocycles. The van der Waals surface area contributed by atoms with Crippen LogP contribution in [0.2, 0.25) is 20.1 Å². The largest absolute Gasteiger partial charge is 0.271 e. The Kier molecular flexibility index (Phi) is 7.90. The molecular weight excluding hydrogens is 658 g/mol. The van der Waals surface area contributed by atoms with Gasteiger partial charge in [0.2, 0.25) is 0 Å². The molecule has 228 valence electrons. The number of imide groups is 1. The van der Waals surface area contributed by atoms with Gasteiger partial charge in [0, 0.05) is 16.0 Å². The van der Waals surface area contributed by atoms with Crippen molar-refractivity contribution < 1.29 is 14.4 Å². The first kappa shape index (κ1) is 29.9. The number of nitrogens with zero attached hydrogens (tertiary/aromatic N) is 6. The number of hydrazone groups is 1. The number of rotatable bonds is 5. The van der Waals surface area contributed by atoms with Crippen molar-refractivity contribution in [2.24, 2.45) is 21.4 Å². The zero-order chi connectivity index (χ0) is 31.4. The Bertz CT molecular complexity index is 1790. The molecule has 3 aliphatic heterocycles. The third kappa shape index (κ3) is 5.31. The lowest BCUT2D eigenvalue weighted by molar-refractivity contribution is -0.136. The van der Waals surface area contributed by atoms with Gasteiger partial charge in [-0.3, -0.25) is 19.4 Å². The highest BCUT2D eigenvalue weighted by Gasteiger charge is 2.56. The van der Waals surface area contributed by atoms with Gasteiger partial charge in [0.25, 0.3) is 17.7 Å². The molecule has 45 heavy (non-hydrogen) atoms. The number of hydrogen-bond acceptors (Lipinski definition) is 7. The van der Waals surface area contributed by atoms with E-state index >= 15 is 0 Å². The maximum atomic E-state index is 14.1. The van der Waals surface area contributed by atoms with Crippen LogP contribution < -0.4 is 4.90 Å². The summed E-state index contributed by atoms with van der Waals surface area (Å²) < 4.78 is 0. The maximum absolute atomic E-state index is 14.1. The van der Waals surface area contributed by atoms with E-state index in [1.165, 1.54) is 10.0 Å². The molecule has 1 aliphatic carbocycles. The topological polar surface area (TPSA) is 98.0 Å². The van der Waals surface area contributed by atoms with E-state index in [-0.39, 0.29) is 28.2 Å². The van der Waals surface area contributed by atoms with Gasteiger partial charge in [-0.15, -0.1) is 0 Å².